The molecule has 0 aliphatic carbocycles. The first-order chi connectivity index (χ1) is 30.9. The Morgan fingerprint density at radius 3 is 1.73 bits per heavy atom. The highest BCUT2D eigenvalue weighted by molar-refractivity contribution is 6.20. The van der Waals surface area contributed by atoms with Gasteiger partial charge in [0.05, 0.1) is 29.0 Å². The molecular weight excluding hydrogens is 775 g/mol. The van der Waals surface area contributed by atoms with Gasteiger partial charge in [0.15, 0.2) is 0 Å². The van der Waals surface area contributed by atoms with Crippen LogP contribution in [-0.2, 0) is 17.4 Å². The fraction of sp³-hybridized carbons (Fsp3) is 0.164. The zero-order valence-electron chi connectivity index (χ0n) is 38.4. The summed E-state index contributed by atoms with van der Waals surface area (Å²) in [4.78, 5) is 5.18. The molecule has 0 radical (unpaired) electrons. The zero-order valence-corrected chi connectivity index (χ0v) is 38.4. The highest BCUT2D eigenvalue weighted by Gasteiger charge is 2.26. The molecule has 3 heteroatoms. The quantitative estimate of drug-likeness (QED) is 0.0964. The number of fused-ring (bicyclic) bond motifs is 3. The van der Waals surface area contributed by atoms with Gasteiger partial charge in [0.1, 0.15) is 0 Å². The van der Waals surface area contributed by atoms with Crippen molar-refractivity contribution in [2.75, 3.05) is 7.05 Å². The Labute approximate surface area is 380 Å². The van der Waals surface area contributed by atoms with Crippen LogP contribution >= 0.6 is 0 Å². The highest BCUT2D eigenvalue weighted by atomic mass is 15.0. The van der Waals surface area contributed by atoms with Gasteiger partial charge in [-0.15, -0.1) is 0 Å². The molecule has 0 unspecified atom stereocenters. The minimum Gasteiger partial charge on any atom is -0.388 e. The van der Waals surface area contributed by atoms with Gasteiger partial charge in [0, 0.05) is 34.7 Å². The van der Waals surface area contributed by atoms with Crippen LogP contribution in [0.3, 0.4) is 0 Å². The average Bonchev–Trinajstić information content (AvgIpc) is 3.64. The summed E-state index contributed by atoms with van der Waals surface area (Å²) < 4.78 is 2.52. The van der Waals surface area contributed by atoms with Crippen LogP contribution in [0.4, 0.5) is 0 Å². The molecule has 7 aromatic carbocycles. The lowest BCUT2D eigenvalue weighted by Gasteiger charge is -2.23. The van der Waals surface area contributed by atoms with Crippen LogP contribution < -0.4 is 5.32 Å². The number of nitrogens with zero attached hydrogens (tertiary/aromatic N) is 2. The molecule has 1 aromatic heterocycles. The molecule has 0 saturated carbocycles. The fourth-order valence-electron chi connectivity index (χ4n) is 8.33. The molecule has 318 valence electrons. The van der Waals surface area contributed by atoms with Gasteiger partial charge in [-0.2, -0.15) is 0 Å². The number of likely N-dealkylation sites (N-methyl/N-ethyl adjacent to an activating group) is 1. The third-order valence-electron chi connectivity index (χ3n) is 11.9. The summed E-state index contributed by atoms with van der Waals surface area (Å²) in [5.41, 5.74) is 16.2. The number of benzene rings is 7. The molecule has 3 nitrogen and oxygen atoms in total. The van der Waals surface area contributed by atoms with E-state index in [0.29, 0.717) is 6.54 Å². The molecule has 0 amide bonds. The molecule has 1 N–H and O–H groups in total. The first-order valence-electron chi connectivity index (χ1n) is 22.3. The Morgan fingerprint density at radius 1 is 0.594 bits per heavy atom. The number of nitrogens with one attached hydrogen (secondary N) is 1. The fourth-order valence-corrected chi connectivity index (χ4v) is 8.33. The molecular formula is C61H59N3. The Bertz CT molecular complexity index is 3020. The number of hydrogen-bond donors (Lipinski definition) is 1. The van der Waals surface area contributed by atoms with E-state index in [0.717, 1.165) is 56.0 Å². The maximum absolute atomic E-state index is 5.18. The molecule has 8 aromatic rings. The molecule has 0 bridgehead atoms. The van der Waals surface area contributed by atoms with Gasteiger partial charge < -0.3 is 9.88 Å². The third-order valence-corrected chi connectivity index (χ3v) is 11.9. The molecule has 0 fully saturated rings. The number of rotatable bonds is 12. The Morgan fingerprint density at radius 2 is 1.14 bits per heavy atom. The van der Waals surface area contributed by atoms with Crippen LogP contribution in [0.15, 0.2) is 217 Å². The van der Waals surface area contributed by atoms with E-state index in [9.17, 15) is 0 Å². The van der Waals surface area contributed by atoms with Crippen molar-refractivity contribution >= 4 is 44.9 Å². The maximum Gasteiger partial charge on any atom is 0.0671 e. The van der Waals surface area contributed by atoms with E-state index in [-0.39, 0.29) is 10.8 Å². The van der Waals surface area contributed by atoms with Crippen molar-refractivity contribution in [1.29, 1.82) is 0 Å². The minimum absolute atomic E-state index is 0.0407. The first kappa shape index (κ1) is 43.4. The highest BCUT2D eigenvalue weighted by Crippen LogP contribution is 2.45. The van der Waals surface area contributed by atoms with Crippen molar-refractivity contribution in [3.63, 3.8) is 0 Å². The summed E-state index contributed by atoms with van der Waals surface area (Å²) in [6.07, 6.45) is 6.73. The first-order valence-corrected chi connectivity index (χ1v) is 22.3. The van der Waals surface area contributed by atoms with Crippen LogP contribution in [0.1, 0.15) is 74.9 Å². The zero-order chi connectivity index (χ0) is 44.8. The van der Waals surface area contributed by atoms with E-state index in [2.05, 4.69) is 240 Å². The molecule has 8 rings (SSSR count). The van der Waals surface area contributed by atoms with Gasteiger partial charge >= 0.3 is 0 Å². The summed E-state index contributed by atoms with van der Waals surface area (Å²) >= 11 is 0. The summed E-state index contributed by atoms with van der Waals surface area (Å²) in [6.45, 7) is 19.2. The summed E-state index contributed by atoms with van der Waals surface area (Å²) in [7, 11) is 1.96. The molecule has 0 spiro atoms. The van der Waals surface area contributed by atoms with Crippen LogP contribution in [0.5, 0.6) is 0 Å². The SMILES string of the molecule is C=C(/C=C(\C(=C\c1ccccc1)n1c2ccc(C(C)(C)C)cc2c2cc(C(C)(C)C)cc(-c3ccccc3)c21)c1ccccc1)/C(=C/C(=N\Cc1ccccc1)c1ccccc1)NC. The minimum atomic E-state index is -0.0811. The van der Waals surface area contributed by atoms with Crippen molar-refractivity contribution in [1.82, 2.24) is 9.88 Å². The van der Waals surface area contributed by atoms with Gasteiger partial charge in [-0.1, -0.05) is 206 Å². The Kier molecular flexibility index (Phi) is 12.6. The molecule has 1 heterocycles. The van der Waals surface area contributed by atoms with Crippen molar-refractivity contribution < 1.29 is 0 Å². The second-order valence-corrected chi connectivity index (χ2v) is 18.6. The number of aromatic nitrogens is 1. The molecule has 64 heavy (non-hydrogen) atoms. The largest absolute Gasteiger partial charge is 0.388 e. The van der Waals surface area contributed by atoms with Gasteiger partial charge in [-0.25, -0.2) is 0 Å². The topological polar surface area (TPSA) is 29.3 Å². The maximum atomic E-state index is 5.18. The predicted molar refractivity (Wildman–Crippen MR) is 277 cm³/mol. The Hall–Kier alpha value is -7.23. The smallest absolute Gasteiger partial charge is 0.0671 e. The van der Waals surface area contributed by atoms with E-state index in [4.69, 9.17) is 11.6 Å². The van der Waals surface area contributed by atoms with Gasteiger partial charge in [0.25, 0.3) is 0 Å². The summed E-state index contributed by atoms with van der Waals surface area (Å²) in [5.74, 6) is 0. The van der Waals surface area contributed by atoms with Gasteiger partial charge in [0.2, 0.25) is 0 Å². The standard InChI is InChI=1S/C61H59N3/c1-43(55(62-8)41-56(48-32-22-13-23-33-48)63-42-45-26-16-10-17-27-45)36-51(46-28-18-11-19-29-46)58(37-44-24-14-9-15-25-44)64-57-35-34-49(60(2,3)4)38-53(57)54-40-50(61(5,6)7)39-52(59(54)64)47-30-20-12-21-31-47/h9-41,62H,1,42H2,2-8H3/b51-36-,55-41-,58-37-,63-56+. The van der Waals surface area contributed by atoms with Crippen LogP contribution in [0, 0.1) is 0 Å². The second kappa shape index (κ2) is 18.6. The average molecular weight is 834 g/mol. The van der Waals surface area contributed by atoms with Crippen LogP contribution in [-0.4, -0.2) is 17.3 Å². The van der Waals surface area contributed by atoms with E-state index in [1.165, 1.54) is 38.5 Å². The molecule has 0 saturated heterocycles. The van der Waals surface area contributed by atoms with E-state index in [1.807, 2.05) is 19.2 Å². The van der Waals surface area contributed by atoms with Crippen LogP contribution in [0.2, 0.25) is 0 Å². The molecule has 0 aliphatic heterocycles. The number of aliphatic imine (C=N–C) groups is 1. The molecule has 0 atom stereocenters. The lowest BCUT2D eigenvalue weighted by molar-refractivity contribution is 0.590. The monoisotopic (exact) mass is 833 g/mol. The van der Waals surface area contributed by atoms with Crippen molar-refractivity contribution in [2.24, 2.45) is 4.99 Å². The van der Waals surface area contributed by atoms with Crippen molar-refractivity contribution in [3.05, 3.63) is 245 Å². The van der Waals surface area contributed by atoms with E-state index < -0.39 is 0 Å². The Balaban J connectivity index is 1.44. The van der Waals surface area contributed by atoms with Gasteiger partial charge in [-0.05, 0) is 97.8 Å². The normalized spacial score (nSPS) is 13.1. The molecule has 0 aliphatic rings. The summed E-state index contributed by atoms with van der Waals surface area (Å²) in [5, 5.41) is 5.98. The van der Waals surface area contributed by atoms with E-state index >= 15 is 0 Å². The number of allylic oxidation sites excluding steroid dienone is 4. The lowest BCUT2D eigenvalue weighted by atomic mass is 9.83. The number of hydrogen-bond acceptors (Lipinski definition) is 2. The van der Waals surface area contributed by atoms with Crippen molar-refractivity contribution in [2.45, 2.75) is 58.9 Å². The predicted octanol–water partition coefficient (Wildman–Crippen LogP) is 15.5. The summed E-state index contributed by atoms with van der Waals surface area (Å²) in [6, 6.07) is 65.1. The van der Waals surface area contributed by atoms with Crippen LogP contribution in [0.25, 0.3) is 50.3 Å². The van der Waals surface area contributed by atoms with Gasteiger partial charge in [-0.3, -0.25) is 4.99 Å². The lowest BCUT2D eigenvalue weighted by Crippen LogP contribution is -2.12. The second-order valence-electron chi connectivity index (χ2n) is 18.6. The third kappa shape index (κ3) is 9.55. The van der Waals surface area contributed by atoms with E-state index in [1.54, 1.807) is 0 Å². The van der Waals surface area contributed by atoms with Crippen molar-refractivity contribution in [3.8, 4) is 11.1 Å².